The highest BCUT2D eigenvalue weighted by Crippen LogP contribution is 2.15. The predicted molar refractivity (Wildman–Crippen MR) is 81.9 cm³/mol. The first kappa shape index (κ1) is 14.8. The van der Waals surface area contributed by atoms with Crippen LogP contribution in [0.4, 0.5) is 0 Å². The van der Waals surface area contributed by atoms with Gasteiger partial charge in [-0.3, -0.25) is 4.79 Å². The lowest BCUT2D eigenvalue weighted by atomic mass is 10.0. The number of hydrazine groups is 1. The van der Waals surface area contributed by atoms with Gasteiger partial charge in [-0.1, -0.05) is 50.3 Å². The summed E-state index contributed by atoms with van der Waals surface area (Å²) in [5.41, 5.74) is 5.33. The summed E-state index contributed by atoms with van der Waals surface area (Å²) in [6, 6.07) is 8.34. The number of aryl methyl sites for hydroxylation is 1. The van der Waals surface area contributed by atoms with Crippen LogP contribution in [-0.2, 0) is 4.79 Å². The number of unbranched alkanes of at least 4 members (excludes halogenated alkanes) is 3. The summed E-state index contributed by atoms with van der Waals surface area (Å²) in [6.07, 6.45) is 7.93. The SMILES string of the molecule is CCCCCC[C@H]1C/[N+](=C/c2ccc(C)cc2)NC1=O. The van der Waals surface area contributed by atoms with Crippen molar-refractivity contribution in [3.8, 4) is 0 Å². The minimum Gasteiger partial charge on any atom is -0.269 e. The molecular formula is C17H25N2O+. The minimum absolute atomic E-state index is 0.147. The van der Waals surface area contributed by atoms with Gasteiger partial charge < -0.3 is 0 Å². The Labute approximate surface area is 121 Å². The van der Waals surface area contributed by atoms with Crippen molar-refractivity contribution in [1.29, 1.82) is 0 Å². The Hall–Kier alpha value is -1.64. The molecule has 1 aliphatic heterocycles. The van der Waals surface area contributed by atoms with E-state index < -0.39 is 0 Å². The number of hydrazone groups is 1. The molecule has 1 N–H and O–H groups in total. The number of benzene rings is 1. The molecule has 1 fully saturated rings. The van der Waals surface area contributed by atoms with Gasteiger partial charge in [-0.15, -0.1) is 10.1 Å². The Morgan fingerprint density at radius 2 is 2.00 bits per heavy atom. The first-order chi connectivity index (χ1) is 9.69. The zero-order valence-corrected chi connectivity index (χ0v) is 12.6. The predicted octanol–water partition coefficient (Wildman–Crippen LogP) is 3.06. The number of nitrogens with zero attached hydrogens (tertiary/aromatic N) is 1. The van der Waals surface area contributed by atoms with Gasteiger partial charge in [0.25, 0.3) is 5.91 Å². The second-order valence-corrected chi connectivity index (χ2v) is 5.71. The van der Waals surface area contributed by atoms with Gasteiger partial charge in [0.1, 0.15) is 5.92 Å². The standard InChI is InChI=1S/C17H24N2O/c1-3-4-5-6-7-16-13-19(18-17(16)20)12-15-10-8-14(2)9-11-15/h8-12,16H,3-7,13H2,1-2H3/p+1/b19-12-/t16-/m0/s1. The minimum atomic E-state index is 0.147. The molecule has 20 heavy (non-hydrogen) atoms. The molecule has 0 unspecified atom stereocenters. The van der Waals surface area contributed by atoms with Gasteiger partial charge in [0.15, 0.2) is 6.54 Å². The summed E-state index contributed by atoms with van der Waals surface area (Å²) < 4.78 is 1.93. The number of nitrogens with one attached hydrogen (secondary N) is 1. The fraction of sp³-hybridized carbons (Fsp3) is 0.529. The van der Waals surface area contributed by atoms with E-state index in [1.165, 1.54) is 24.8 Å². The van der Waals surface area contributed by atoms with Crippen LogP contribution in [0, 0.1) is 12.8 Å². The fourth-order valence-corrected chi connectivity index (χ4v) is 2.56. The Balaban J connectivity index is 1.89. The van der Waals surface area contributed by atoms with Crippen molar-refractivity contribution in [3.05, 3.63) is 35.4 Å². The third kappa shape index (κ3) is 4.19. The Morgan fingerprint density at radius 1 is 1.25 bits per heavy atom. The molecule has 0 saturated carbocycles. The van der Waals surface area contributed by atoms with Crippen molar-refractivity contribution in [2.24, 2.45) is 5.92 Å². The maximum absolute atomic E-state index is 11.9. The van der Waals surface area contributed by atoms with Gasteiger partial charge in [-0.05, 0) is 25.5 Å². The monoisotopic (exact) mass is 273 g/mol. The highest BCUT2D eigenvalue weighted by atomic mass is 16.2. The zero-order valence-electron chi connectivity index (χ0n) is 12.6. The summed E-state index contributed by atoms with van der Waals surface area (Å²) in [6.45, 7) is 5.08. The third-order valence-electron chi connectivity index (χ3n) is 3.83. The molecule has 1 heterocycles. The van der Waals surface area contributed by atoms with Crippen molar-refractivity contribution < 1.29 is 9.48 Å². The molecule has 1 atom stereocenters. The molecule has 1 aliphatic rings. The van der Waals surface area contributed by atoms with E-state index in [-0.39, 0.29) is 11.8 Å². The molecular weight excluding hydrogens is 248 g/mol. The normalized spacial score (nSPS) is 20.4. The molecule has 0 spiro atoms. The molecule has 1 aromatic carbocycles. The summed E-state index contributed by atoms with van der Waals surface area (Å²) >= 11 is 0. The molecule has 0 aliphatic carbocycles. The highest BCUT2D eigenvalue weighted by molar-refractivity contribution is 5.81. The maximum Gasteiger partial charge on any atom is 0.283 e. The van der Waals surface area contributed by atoms with Gasteiger partial charge in [-0.2, -0.15) is 0 Å². The van der Waals surface area contributed by atoms with E-state index in [0.29, 0.717) is 0 Å². The van der Waals surface area contributed by atoms with Gasteiger partial charge in [-0.25, -0.2) is 0 Å². The summed E-state index contributed by atoms with van der Waals surface area (Å²) in [5.74, 6) is 0.318. The smallest absolute Gasteiger partial charge is 0.269 e. The topological polar surface area (TPSA) is 32.1 Å². The van der Waals surface area contributed by atoms with Crippen LogP contribution in [0.15, 0.2) is 24.3 Å². The number of carbonyl (C=O) groups excluding carboxylic acids is 1. The van der Waals surface area contributed by atoms with E-state index in [1.54, 1.807) is 0 Å². The Morgan fingerprint density at radius 3 is 2.70 bits per heavy atom. The van der Waals surface area contributed by atoms with Crippen molar-refractivity contribution in [1.82, 2.24) is 5.43 Å². The lowest BCUT2D eigenvalue weighted by Gasteiger charge is -2.01. The average molecular weight is 273 g/mol. The second-order valence-electron chi connectivity index (χ2n) is 5.71. The van der Waals surface area contributed by atoms with Crippen LogP contribution in [0.2, 0.25) is 0 Å². The van der Waals surface area contributed by atoms with Crippen LogP contribution in [0.1, 0.15) is 50.2 Å². The van der Waals surface area contributed by atoms with E-state index in [1.807, 2.05) is 10.9 Å². The maximum atomic E-state index is 11.9. The molecule has 1 amide bonds. The lowest BCUT2D eigenvalue weighted by molar-refractivity contribution is -0.556. The molecule has 3 heteroatoms. The lowest BCUT2D eigenvalue weighted by Crippen LogP contribution is -2.25. The van der Waals surface area contributed by atoms with E-state index in [9.17, 15) is 4.79 Å². The highest BCUT2D eigenvalue weighted by Gasteiger charge is 2.33. The third-order valence-corrected chi connectivity index (χ3v) is 3.83. The van der Waals surface area contributed by atoms with Crippen molar-refractivity contribution in [3.63, 3.8) is 0 Å². The first-order valence-electron chi connectivity index (χ1n) is 7.67. The molecule has 0 aromatic heterocycles. The van der Waals surface area contributed by atoms with Gasteiger partial charge in [0.05, 0.1) is 0 Å². The van der Waals surface area contributed by atoms with E-state index in [4.69, 9.17) is 0 Å². The van der Waals surface area contributed by atoms with Crippen molar-refractivity contribution in [2.45, 2.75) is 46.0 Å². The van der Waals surface area contributed by atoms with Crippen LogP contribution in [0.5, 0.6) is 0 Å². The summed E-state index contributed by atoms with van der Waals surface area (Å²) in [5, 5.41) is 0. The second kappa shape index (κ2) is 7.22. The number of rotatable bonds is 6. The van der Waals surface area contributed by atoms with E-state index in [2.05, 4.69) is 43.5 Å². The van der Waals surface area contributed by atoms with Crippen LogP contribution in [0.25, 0.3) is 0 Å². The van der Waals surface area contributed by atoms with Crippen LogP contribution in [-0.4, -0.2) is 23.4 Å². The molecule has 3 nitrogen and oxygen atoms in total. The largest absolute Gasteiger partial charge is 0.283 e. The van der Waals surface area contributed by atoms with E-state index >= 15 is 0 Å². The zero-order chi connectivity index (χ0) is 14.4. The summed E-state index contributed by atoms with van der Waals surface area (Å²) in [4.78, 5) is 11.9. The molecule has 108 valence electrons. The van der Waals surface area contributed by atoms with Gasteiger partial charge in [0, 0.05) is 5.56 Å². The molecule has 0 radical (unpaired) electrons. The first-order valence-corrected chi connectivity index (χ1v) is 7.67. The van der Waals surface area contributed by atoms with Crippen LogP contribution >= 0.6 is 0 Å². The average Bonchev–Trinajstić information content (AvgIpc) is 2.78. The number of hydrogen-bond donors (Lipinski definition) is 1. The van der Waals surface area contributed by atoms with Crippen LogP contribution in [0.3, 0.4) is 0 Å². The van der Waals surface area contributed by atoms with Gasteiger partial charge in [0.2, 0.25) is 6.21 Å². The quantitative estimate of drug-likeness (QED) is 0.627. The van der Waals surface area contributed by atoms with Crippen molar-refractivity contribution >= 4 is 12.1 Å². The molecule has 1 aromatic rings. The Kier molecular flexibility index (Phi) is 5.33. The molecule has 1 saturated heterocycles. The van der Waals surface area contributed by atoms with Crippen molar-refractivity contribution in [2.75, 3.05) is 6.54 Å². The van der Waals surface area contributed by atoms with E-state index in [0.717, 1.165) is 24.9 Å². The van der Waals surface area contributed by atoms with Gasteiger partial charge >= 0.3 is 0 Å². The number of hydrogen-bond acceptors (Lipinski definition) is 1. The Bertz CT molecular complexity index is 476. The molecule has 0 bridgehead atoms. The number of amides is 1. The molecule has 2 rings (SSSR count). The summed E-state index contributed by atoms with van der Waals surface area (Å²) in [7, 11) is 0. The fourth-order valence-electron chi connectivity index (χ4n) is 2.56. The number of carbonyl (C=O) groups is 1. The van der Waals surface area contributed by atoms with Crippen LogP contribution < -0.4 is 5.43 Å².